The average Bonchev–Trinajstić information content (AvgIpc) is 3.14. The van der Waals surface area contributed by atoms with Crippen LogP contribution in [0.25, 0.3) is 0 Å². The topological polar surface area (TPSA) is 44.0 Å². The van der Waals surface area contributed by atoms with Gasteiger partial charge in [-0.1, -0.05) is 13.8 Å². The van der Waals surface area contributed by atoms with Gasteiger partial charge < -0.3 is 14.6 Å². The van der Waals surface area contributed by atoms with Crippen molar-refractivity contribution >= 4 is 29.9 Å². The van der Waals surface area contributed by atoms with E-state index in [4.69, 9.17) is 4.42 Å². The van der Waals surface area contributed by atoms with Gasteiger partial charge in [-0.05, 0) is 44.5 Å². The van der Waals surface area contributed by atoms with Crippen LogP contribution in [-0.4, -0.2) is 56.5 Å². The first-order valence-corrected chi connectivity index (χ1v) is 8.14. The largest absolute Gasteiger partial charge is 0.468 e. The molecule has 0 bridgehead atoms. The van der Waals surface area contributed by atoms with E-state index in [1.807, 2.05) is 19.2 Å². The summed E-state index contributed by atoms with van der Waals surface area (Å²) in [7, 11) is 6.00. The van der Waals surface area contributed by atoms with Crippen molar-refractivity contribution in [2.45, 2.75) is 32.7 Å². The van der Waals surface area contributed by atoms with Crippen LogP contribution in [0, 0.1) is 5.41 Å². The molecule has 0 saturated carbocycles. The average molecular weight is 434 g/mol. The van der Waals surface area contributed by atoms with Gasteiger partial charge in [0.2, 0.25) is 0 Å². The van der Waals surface area contributed by atoms with Crippen molar-refractivity contribution in [1.29, 1.82) is 0 Å². The van der Waals surface area contributed by atoms with Crippen molar-refractivity contribution in [3.63, 3.8) is 0 Å². The maximum atomic E-state index is 5.56. The summed E-state index contributed by atoms with van der Waals surface area (Å²) in [5.41, 5.74) is 0.416. The second kappa shape index (κ2) is 8.92. The quantitative estimate of drug-likeness (QED) is 0.439. The van der Waals surface area contributed by atoms with Gasteiger partial charge in [-0.15, -0.1) is 24.0 Å². The van der Waals surface area contributed by atoms with Crippen LogP contribution in [0.3, 0.4) is 0 Å². The molecule has 1 aromatic rings. The second-order valence-electron chi connectivity index (χ2n) is 6.76. The fourth-order valence-corrected chi connectivity index (χ4v) is 3.03. The highest BCUT2D eigenvalue weighted by Crippen LogP contribution is 2.32. The maximum Gasteiger partial charge on any atom is 0.193 e. The van der Waals surface area contributed by atoms with Crippen LogP contribution < -0.4 is 5.32 Å². The van der Waals surface area contributed by atoms with Crippen molar-refractivity contribution in [3.05, 3.63) is 24.2 Å². The van der Waals surface area contributed by atoms with Crippen molar-refractivity contribution in [3.8, 4) is 0 Å². The van der Waals surface area contributed by atoms with Gasteiger partial charge in [0, 0.05) is 26.7 Å². The zero-order valence-corrected chi connectivity index (χ0v) is 17.3. The Morgan fingerprint density at radius 1 is 1.52 bits per heavy atom. The molecular formula is C17H31IN4O. The SMILES string of the molecule is CCC1(C)CCN(C(=NC)NCC(c2ccco2)N(C)C)C1.I. The predicted octanol–water partition coefficient (Wildman–Crippen LogP) is 3.20. The van der Waals surface area contributed by atoms with Crippen LogP contribution in [0.1, 0.15) is 38.5 Å². The standard InChI is InChI=1S/C17H30N4O.HI/c1-6-17(2)9-10-21(13-17)16(18-3)19-12-14(20(4)5)15-8-7-11-22-15;/h7-8,11,14H,6,9-10,12-13H2,1-5H3,(H,18,19);1H. The molecule has 1 aliphatic rings. The third-order valence-electron chi connectivity index (χ3n) is 4.87. The summed E-state index contributed by atoms with van der Waals surface area (Å²) >= 11 is 0. The zero-order valence-electron chi connectivity index (χ0n) is 15.0. The minimum absolute atomic E-state index is 0. The van der Waals surface area contributed by atoms with E-state index in [0.717, 1.165) is 31.4 Å². The minimum atomic E-state index is 0. The summed E-state index contributed by atoms with van der Waals surface area (Å²) in [5, 5.41) is 3.52. The highest BCUT2D eigenvalue weighted by Gasteiger charge is 2.33. The fourth-order valence-electron chi connectivity index (χ4n) is 3.03. The maximum absolute atomic E-state index is 5.56. The molecule has 5 nitrogen and oxygen atoms in total. The van der Waals surface area contributed by atoms with Crippen LogP contribution >= 0.6 is 24.0 Å². The highest BCUT2D eigenvalue weighted by atomic mass is 127. The molecule has 0 spiro atoms. The monoisotopic (exact) mass is 434 g/mol. The molecule has 2 rings (SSSR count). The third-order valence-corrected chi connectivity index (χ3v) is 4.87. The third kappa shape index (κ3) is 5.11. The Morgan fingerprint density at radius 3 is 2.74 bits per heavy atom. The van der Waals surface area contributed by atoms with E-state index >= 15 is 0 Å². The lowest BCUT2D eigenvalue weighted by molar-refractivity contribution is 0.255. The summed E-state index contributed by atoms with van der Waals surface area (Å²) in [6.45, 7) is 7.59. The molecule has 6 heteroatoms. The van der Waals surface area contributed by atoms with Crippen LogP contribution in [0.15, 0.2) is 27.8 Å². The summed E-state index contributed by atoms with van der Waals surface area (Å²) in [6, 6.07) is 4.17. The lowest BCUT2D eigenvalue weighted by atomic mass is 9.87. The Morgan fingerprint density at radius 2 is 2.26 bits per heavy atom. The summed E-state index contributed by atoms with van der Waals surface area (Å²) in [4.78, 5) is 9.00. The molecule has 2 heterocycles. The molecule has 0 amide bonds. The van der Waals surface area contributed by atoms with Gasteiger partial charge in [0.1, 0.15) is 5.76 Å². The fraction of sp³-hybridized carbons (Fsp3) is 0.706. The van der Waals surface area contributed by atoms with Gasteiger partial charge in [-0.3, -0.25) is 9.89 Å². The van der Waals surface area contributed by atoms with Gasteiger partial charge in [0.05, 0.1) is 12.3 Å². The van der Waals surface area contributed by atoms with Gasteiger partial charge in [-0.25, -0.2) is 0 Å². The summed E-state index contributed by atoms with van der Waals surface area (Å²) in [5.74, 6) is 1.98. The van der Waals surface area contributed by atoms with E-state index in [9.17, 15) is 0 Å². The van der Waals surface area contributed by atoms with Crippen LogP contribution in [0.4, 0.5) is 0 Å². The molecule has 1 saturated heterocycles. The normalized spacial score (nSPS) is 23.0. The molecule has 1 N–H and O–H groups in total. The number of nitrogens with zero attached hydrogens (tertiary/aromatic N) is 3. The molecule has 23 heavy (non-hydrogen) atoms. The lowest BCUT2D eigenvalue weighted by Gasteiger charge is -2.28. The van der Waals surface area contributed by atoms with E-state index in [1.165, 1.54) is 12.8 Å². The molecule has 132 valence electrons. The van der Waals surface area contributed by atoms with Crippen molar-refractivity contribution < 1.29 is 4.42 Å². The molecule has 0 aliphatic carbocycles. The predicted molar refractivity (Wildman–Crippen MR) is 107 cm³/mol. The van der Waals surface area contributed by atoms with E-state index in [0.29, 0.717) is 5.41 Å². The molecule has 2 atom stereocenters. The van der Waals surface area contributed by atoms with Crippen molar-refractivity contribution in [1.82, 2.24) is 15.1 Å². The van der Waals surface area contributed by atoms with E-state index in [2.05, 4.69) is 48.1 Å². The Balaban J connectivity index is 0.00000264. The minimum Gasteiger partial charge on any atom is -0.468 e. The number of likely N-dealkylation sites (tertiary alicyclic amines) is 1. The molecule has 2 unspecified atom stereocenters. The van der Waals surface area contributed by atoms with Gasteiger partial charge in [0.25, 0.3) is 0 Å². The number of aliphatic imine (C=N–C) groups is 1. The molecule has 1 aliphatic heterocycles. The van der Waals surface area contributed by atoms with Gasteiger partial charge >= 0.3 is 0 Å². The number of hydrogen-bond acceptors (Lipinski definition) is 3. The van der Waals surface area contributed by atoms with Crippen molar-refractivity contribution in [2.24, 2.45) is 10.4 Å². The lowest BCUT2D eigenvalue weighted by Crippen LogP contribution is -2.44. The molecule has 0 radical (unpaired) electrons. The van der Waals surface area contributed by atoms with Gasteiger partial charge in [0.15, 0.2) is 5.96 Å². The van der Waals surface area contributed by atoms with Gasteiger partial charge in [-0.2, -0.15) is 0 Å². The Labute approximate surface area is 157 Å². The Hall–Kier alpha value is -0.760. The number of rotatable bonds is 5. The van der Waals surface area contributed by atoms with E-state index < -0.39 is 0 Å². The number of furan rings is 1. The summed E-state index contributed by atoms with van der Waals surface area (Å²) in [6.07, 6.45) is 4.18. The van der Waals surface area contributed by atoms with E-state index in [-0.39, 0.29) is 30.0 Å². The molecule has 1 aromatic heterocycles. The molecular weight excluding hydrogens is 403 g/mol. The smallest absolute Gasteiger partial charge is 0.193 e. The first-order chi connectivity index (χ1) is 10.5. The summed E-state index contributed by atoms with van der Waals surface area (Å²) < 4.78 is 5.56. The van der Waals surface area contributed by atoms with Crippen LogP contribution in [0.2, 0.25) is 0 Å². The number of guanidine groups is 1. The second-order valence-corrected chi connectivity index (χ2v) is 6.76. The van der Waals surface area contributed by atoms with Crippen LogP contribution in [-0.2, 0) is 0 Å². The Kier molecular flexibility index (Phi) is 7.86. The number of nitrogens with one attached hydrogen (secondary N) is 1. The first kappa shape index (κ1) is 20.3. The van der Waals surface area contributed by atoms with Crippen molar-refractivity contribution in [2.75, 3.05) is 40.8 Å². The first-order valence-electron chi connectivity index (χ1n) is 8.14. The zero-order chi connectivity index (χ0) is 16.2. The van der Waals surface area contributed by atoms with Crippen LogP contribution in [0.5, 0.6) is 0 Å². The Bertz CT molecular complexity index is 489. The highest BCUT2D eigenvalue weighted by molar-refractivity contribution is 14.0. The van der Waals surface area contributed by atoms with E-state index in [1.54, 1.807) is 6.26 Å². The molecule has 0 aromatic carbocycles. The number of halogens is 1. The number of likely N-dealkylation sites (N-methyl/N-ethyl adjacent to an activating group) is 1. The number of hydrogen-bond donors (Lipinski definition) is 1. The molecule has 1 fully saturated rings.